The molecule has 0 aromatic carbocycles. The number of hydrogen-bond donors (Lipinski definition) is 3. The Balaban J connectivity index is 5.22. The number of ether oxygens (including phenoxy) is 4. The Bertz CT molecular complexity index is 1990. The highest BCUT2D eigenvalue weighted by molar-refractivity contribution is 7.47. The van der Waals surface area contributed by atoms with Gasteiger partial charge in [-0.3, -0.25) is 37.3 Å². The molecule has 0 saturated heterocycles. The highest BCUT2D eigenvalue weighted by atomic mass is 31.2. The van der Waals surface area contributed by atoms with Crippen molar-refractivity contribution in [2.24, 2.45) is 17.8 Å². The Morgan fingerprint density at radius 1 is 0.282 bits per heavy atom. The molecular formula is C84H164O17P2. The molecule has 0 aliphatic rings. The summed E-state index contributed by atoms with van der Waals surface area (Å²) in [5.74, 6) is 0.198. The second-order valence-electron chi connectivity index (χ2n) is 31.4. The van der Waals surface area contributed by atoms with Gasteiger partial charge < -0.3 is 33.8 Å². The summed E-state index contributed by atoms with van der Waals surface area (Å²) in [6.45, 7) is 11.9. The van der Waals surface area contributed by atoms with E-state index in [9.17, 15) is 43.2 Å². The van der Waals surface area contributed by atoms with Crippen molar-refractivity contribution in [3.63, 3.8) is 0 Å². The van der Waals surface area contributed by atoms with E-state index >= 15 is 0 Å². The van der Waals surface area contributed by atoms with E-state index in [-0.39, 0.29) is 25.7 Å². The Labute approximate surface area is 632 Å². The predicted octanol–water partition coefficient (Wildman–Crippen LogP) is 25.3. The van der Waals surface area contributed by atoms with E-state index in [0.717, 1.165) is 108 Å². The van der Waals surface area contributed by atoms with Gasteiger partial charge in [0.2, 0.25) is 0 Å². The van der Waals surface area contributed by atoms with Crippen molar-refractivity contribution in [3.8, 4) is 0 Å². The lowest BCUT2D eigenvalue weighted by atomic mass is 9.99. The first-order valence-corrected chi connectivity index (χ1v) is 46.4. The highest BCUT2D eigenvalue weighted by Crippen LogP contribution is 2.45. The zero-order chi connectivity index (χ0) is 75.8. The molecular weight excluding hydrogens is 1340 g/mol. The minimum Gasteiger partial charge on any atom is -0.462 e. The molecule has 0 fully saturated rings. The van der Waals surface area contributed by atoms with Gasteiger partial charge in [-0.05, 0) is 43.4 Å². The molecule has 3 unspecified atom stereocenters. The number of aliphatic hydroxyl groups is 1. The number of aliphatic hydroxyl groups excluding tert-OH is 1. The maximum atomic E-state index is 13.1. The minimum absolute atomic E-state index is 0.105. The van der Waals surface area contributed by atoms with E-state index in [1.165, 1.54) is 250 Å². The summed E-state index contributed by atoms with van der Waals surface area (Å²) in [6.07, 6.45) is 64.0. The first-order chi connectivity index (χ1) is 49.8. The summed E-state index contributed by atoms with van der Waals surface area (Å²) >= 11 is 0. The number of unbranched alkanes of at least 4 members (excludes halogenated alkanes) is 49. The molecule has 0 spiro atoms. The molecule has 103 heavy (non-hydrogen) atoms. The van der Waals surface area contributed by atoms with Crippen LogP contribution in [0.25, 0.3) is 0 Å². The first kappa shape index (κ1) is 101. The molecule has 0 bridgehead atoms. The van der Waals surface area contributed by atoms with Crippen LogP contribution in [0.3, 0.4) is 0 Å². The molecule has 3 N–H and O–H groups in total. The van der Waals surface area contributed by atoms with E-state index in [1.807, 2.05) is 0 Å². The number of carbonyl (C=O) groups excluding carboxylic acids is 4. The second kappa shape index (κ2) is 74.2. The Kier molecular flexibility index (Phi) is 72.8. The van der Waals surface area contributed by atoms with Crippen LogP contribution in [-0.4, -0.2) is 96.7 Å². The fourth-order valence-corrected chi connectivity index (χ4v) is 14.6. The molecule has 0 saturated carbocycles. The summed E-state index contributed by atoms with van der Waals surface area (Å²) in [6, 6.07) is 0. The van der Waals surface area contributed by atoms with Crippen molar-refractivity contribution in [3.05, 3.63) is 0 Å². The van der Waals surface area contributed by atoms with Gasteiger partial charge in [0.15, 0.2) is 12.2 Å². The van der Waals surface area contributed by atoms with Gasteiger partial charge in [-0.25, -0.2) is 9.13 Å². The van der Waals surface area contributed by atoms with Gasteiger partial charge in [-0.2, -0.15) is 0 Å². The van der Waals surface area contributed by atoms with Gasteiger partial charge in [-0.15, -0.1) is 0 Å². The zero-order valence-electron chi connectivity index (χ0n) is 67.8. The van der Waals surface area contributed by atoms with Crippen LogP contribution < -0.4 is 0 Å². The fraction of sp³-hybridized carbons (Fsp3) is 0.952. The largest absolute Gasteiger partial charge is 0.472 e. The average molecular weight is 1510 g/mol. The molecule has 0 aliphatic heterocycles. The van der Waals surface area contributed by atoms with Crippen LogP contribution in [0.4, 0.5) is 0 Å². The SMILES string of the molecule is CCCCCCCCCCCCCCCCCCCCCCCC(=O)O[C@H](COC(=O)CCCCCCCCCCCCCCCCCCC(C)C)COP(=O)(O)OC[C@@H](O)COP(=O)(O)OC[C@@H](COC(=O)CCCCCCCCCCC(C)C)OC(=O)CCCCCCCCCCC(C)CC. The molecule has 612 valence electrons. The van der Waals surface area contributed by atoms with Crippen molar-refractivity contribution in [1.29, 1.82) is 0 Å². The molecule has 0 amide bonds. The normalized spacial score (nSPS) is 14.2. The lowest BCUT2D eigenvalue weighted by Gasteiger charge is -2.21. The van der Waals surface area contributed by atoms with Crippen molar-refractivity contribution in [2.75, 3.05) is 39.6 Å². The third-order valence-corrected chi connectivity index (χ3v) is 21.9. The van der Waals surface area contributed by atoms with Crippen LogP contribution in [0.15, 0.2) is 0 Å². The monoisotopic (exact) mass is 1510 g/mol. The smallest absolute Gasteiger partial charge is 0.462 e. The van der Waals surface area contributed by atoms with Crippen LogP contribution in [0.5, 0.6) is 0 Å². The van der Waals surface area contributed by atoms with Crippen LogP contribution in [0, 0.1) is 17.8 Å². The van der Waals surface area contributed by atoms with Crippen LogP contribution in [0.1, 0.15) is 440 Å². The van der Waals surface area contributed by atoms with E-state index < -0.39 is 97.5 Å². The number of carbonyl (C=O) groups is 4. The van der Waals surface area contributed by atoms with Crippen LogP contribution in [0.2, 0.25) is 0 Å². The summed E-state index contributed by atoms with van der Waals surface area (Å²) in [5.41, 5.74) is 0. The zero-order valence-corrected chi connectivity index (χ0v) is 69.6. The molecule has 0 aromatic heterocycles. The lowest BCUT2D eigenvalue weighted by Crippen LogP contribution is -2.30. The minimum atomic E-state index is -4.97. The fourth-order valence-electron chi connectivity index (χ4n) is 13.0. The molecule has 0 aliphatic carbocycles. The molecule has 17 nitrogen and oxygen atoms in total. The number of esters is 4. The van der Waals surface area contributed by atoms with Gasteiger partial charge >= 0.3 is 39.5 Å². The van der Waals surface area contributed by atoms with E-state index in [1.54, 1.807) is 0 Å². The Morgan fingerprint density at radius 3 is 0.738 bits per heavy atom. The Hall–Kier alpha value is -1.94. The van der Waals surface area contributed by atoms with Gasteiger partial charge in [0.1, 0.15) is 19.3 Å². The summed E-state index contributed by atoms with van der Waals surface area (Å²) < 4.78 is 68.8. The molecule has 6 atom stereocenters. The van der Waals surface area contributed by atoms with E-state index in [2.05, 4.69) is 48.5 Å². The van der Waals surface area contributed by atoms with Crippen molar-refractivity contribution in [2.45, 2.75) is 458 Å². The third kappa shape index (κ3) is 76.6. The molecule has 0 aromatic rings. The van der Waals surface area contributed by atoms with Crippen LogP contribution in [-0.2, 0) is 65.4 Å². The molecule has 19 heteroatoms. The first-order valence-electron chi connectivity index (χ1n) is 43.4. The number of phosphoric acid groups is 2. The maximum absolute atomic E-state index is 13.1. The Morgan fingerprint density at radius 2 is 0.495 bits per heavy atom. The molecule has 0 radical (unpaired) electrons. The lowest BCUT2D eigenvalue weighted by molar-refractivity contribution is -0.161. The highest BCUT2D eigenvalue weighted by Gasteiger charge is 2.30. The van der Waals surface area contributed by atoms with E-state index in [0.29, 0.717) is 25.7 Å². The van der Waals surface area contributed by atoms with Crippen LogP contribution >= 0.6 is 15.6 Å². The van der Waals surface area contributed by atoms with Gasteiger partial charge in [0.25, 0.3) is 0 Å². The molecule has 0 rings (SSSR count). The average Bonchev–Trinajstić information content (AvgIpc) is 0.939. The van der Waals surface area contributed by atoms with Gasteiger partial charge in [0, 0.05) is 25.7 Å². The summed E-state index contributed by atoms with van der Waals surface area (Å²) in [4.78, 5) is 73.1. The standard InChI is InChI=1S/C84H164O17P2/c1-8-10-11-12-13-14-15-16-17-18-19-20-21-22-27-30-33-36-46-53-60-67-83(88)100-79(71-94-81(86)65-58-51-44-35-32-29-26-24-23-25-28-31-34-41-48-55-62-75(3)4)73-98-102(90,91)96-69-78(85)70-97-103(92,93)99-74-80(72-95-82(87)66-59-52-45-39-37-42-49-56-63-76(5)6)101-84(89)68-61-54-47-40-38-43-50-57-64-77(7)9-2/h75-80,85H,8-74H2,1-7H3,(H,90,91)(H,92,93)/t77?,78-,79-,80-/m1/s1. The maximum Gasteiger partial charge on any atom is 0.472 e. The van der Waals surface area contributed by atoms with Crippen molar-refractivity contribution in [1.82, 2.24) is 0 Å². The quantitative estimate of drug-likeness (QED) is 0.0222. The number of phosphoric ester groups is 2. The third-order valence-electron chi connectivity index (χ3n) is 20.0. The van der Waals surface area contributed by atoms with E-state index in [4.69, 9.17) is 37.0 Å². The number of rotatable bonds is 82. The second-order valence-corrected chi connectivity index (χ2v) is 34.3. The summed E-state index contributed by atoms with van der Waals surface area (Å²) in [7, 11) is -9.92. The predicted molar refractivity (Wildman–Crippen MR) is 423 cm³/mol. The van der Waals surface area contributed by atoms with Gasteiger partial charge in [-0.1, -0.05) is 389 Å². The molecule has 0 heterocycles. The van der Waals surface area contributed by atoms with Crippen molar-refractivity contribution >= 4 is 39.5 Å². The van der Waals surface area contributed by atoms with Crippen molar-refractivity contribution < 1.29 is 80.2 Å². The number of hydrogen-bond acceptors (Lipinski definition) is 15. The van der Waals surface area contributed by atoms with Gasteiger partial charge in [0.05, 0.1) is 26.4 Å². The topological polar surface area (TPSA) is 237 Å². The summed E-state index contributed by atoms with van der Waals surface area (Å²) in [5, 5.41) is 10.7.